The smallest absolute Gasteiger partial charge is 0.338 e. The highest BCUT2D eigenvalue weighted by atomic mass is 16.6. The van der Waals surface area contributed by atoms with Gasteiger partial charge in [0.1, 0.15) is 0 Å². The molecule has 4 atom stereocenters. The number of hydrogen-bond donors (Lipinski definition) is 0. The predicted molar refractivity (Wildman–Crippen MR) is 126 cm³/mol. The molecule has 0 unspecified atom stereocenters. The van der Waals surface area contributed by atoms with Crippen LogP contribution in [0.5, 0.6) is 0 Å². The number of Topliss-reactive ketones (excluding diaryl/α,β-unsaturated/α-hetero) is 1. The van der Waals surface area contributed by atoms with E-state index < -0.39 is 23.3 Å². The minimum Gasteiger partial charge on any atom is -0.454 e. The van der Waals surface area contributed by atoms with E-state index >= 15 is 0 Å². The molecule has 6 rings (SSSR count). The first-order valence-electron chi connectivity index (χ1n) is 11.7. The minimum absolute atomic E-state index is 0.0934. The van der Waals surface area contributed by atoms with Gasteiger partial charge in [0, 0.05) is 48.3 Å². The Hall–Kier alpha value is -3.74. The lowest BCUT2D eigenvalue weighted by Crippen LogP contribution is -2.43. The second kappa shape index (κ2) is 7.94. The third-order valence-electron chi connectivity index (χ3n) is 7.66. The highest BCUT2D eigenvalue weighted by Gasteiger charge is 2.42. The number of fused-ring (bicyclic) bond motifs is 4. The van der Waals surface area contributed by atoms with Crippen molar-refractivity contribution < 1.29 is 19.2 Å². The Labute approximate surface area is 196 Å². The van der Waals surface area contributed by atoms with Crippen LogP contribution in [-0.4, -0.2) is 36.4 Å². The lowest BCUT2D eigenvalue weighted by atomic mass is 9.74. The molecule has 0 saturated heterocycles. The molecule has 0 amide bonds. The van der Waals surface area contributed by atoms with Gasteiger partial charge in [-0.15, -0.1) is 0 Å². The van der Waals surface area contributed by atoms with E-state index in [4.69, 9.17) is 4.74 Å². The first-order chi connectivity index (χ1) is 16.5. The Bertz CT molecular complexity index is 1210. The van der Waals surface area contributed by atoms with E-state index in [0.29, 0.717) is 29.2 Å². The molecule has 0 fully saturated rings. The van der Waals surface area contributed by atoms with Gasteiger partial charge in [0.25, 0.3) is 5.69 Å². The molecule has 2 aliphatic carbocycles. The normalized spacial score (nSPS) is 25.5. The number of benzene rings is 2. The van der Waals surface area contributed by atoms with Crippen LogP contribution >= 0.6 is 0 Å². The van der Waals surface area contributed by atoms with Gasteiger partial charge in [0.05, 0.1) is 10.5 Å². The molecule has 0 spiro atoms. The van der Waals surface area contributed by atoms with Crippen LogP contribution in [0.25, 0.3) is 0 Å². The topological polar surface area (TPSA) is 89.8 Å². The van der Waals surface area contributed by atoms with Crippen molar-refractivity contribution in [2.75, 3.05) is 24.6 Å². The molecule has 0 radical (unpaired) electrons. The van der Waals surface area contributed by atoms with Crippen LogP contribution in [0.2, 0.25) is 0 Å². The van der Waals surface area contributed by atoms with Crippen molar-refractivity contribution in [1.82, 2.24) is 0 Å². The summed E-state index contributed by atoms with van der Waals surface area (Å²) in [4.78, 5) is 38.3. The van der Waals surface area contributed by atoms with E-state index in [9.17, 15) is 19.7 Å². The lowest BCUT2D eigenvalue weighted by molar-refractivity contribution is -0.384. The monoisotopic (exact) mass is 456 g/mol. The molecular formula is C27H24N2O5. The third-order valence-corrected chi connectivity index (χ3v) is 7.66. The van der Waals surface area contributed by atoms with Gasteiger partial charge in [0.2, 0.25) is 0 Å². The summed E-state index contributed by atoms with van der Waals surface area (Å²) in [5.41, 5.74) is 4.31. The Kier molecular flexibility index (Phi) is 4.86. The molecular weight excluding hydrogens is 432 g/mol. The standard InChI is InChI=1S/C27H24N2O5/c30-25(16-7-9-20(10-8-16)29(32)33)15-34-27(31)19-11-23-21-5-1-3-17(21)13-28-14-18-4-2-6-22(18)24(12-19)26(23)28/h1-2,5-12,17-18,21-22H,3-4,13-15H2/t17-,18-,21-,22+/m1/s1. The number of nitro benzene ring substituents is 1. The maximum atomic E-state index is 13.0. The van der Waals surface area contributed by atoms with Crippen LogP contribution in [0.3, 0.4) is 0 Å². The summed E-state index contributed by atoms with van der Waals surface area (Å²) in [5.74, 6) is 0.755. The van der Waals surface area contributed by atoms with Gasteiger partial charge in [-0.05, 0) is 60.1 Å². The number of esters is 1. The van der Waals surface area contributed by atoms with Gasteiger partial charge in [-0.25, -0.2) is 4.79 Å². The molecule has 0 aromatic heterocycles. The zero-order valence-corrected chi connectivity index (χ0v) is 18.6. The Morgan fingerprint density at radius 3 is 2.09 bits per heavy atom. The fraction of sp³-hybridized carbons (Fsp3) is 0.333. The van der Waals surface area contributed by atoms with Gasteiger partial charge in [0.15, 0.2) is 12.4 Å². The number of allylic oxidation sites excluding steroid dienone is 4. The fourth-order valence-electron chi connectivity index (χ4n) is 6.06. The third kappa shape index (κ3) is 3.34. The molecule has 0 saturated carbocycles. The number of rotatable bonds is 5. The molecule has 7 heteroatoms. The van der Waals surface area contributed by atoms with Crippen LogP contribution in [-0.2, 0) is 4.74 Å². The second-order valence-electron chi connectivity index (χ2n) is 9.61. The van der Waals surface area contributed by atoms with Crippen molar-refractivity contribution >= 4 is 23.1 Å². The average molecular weight is 456 g/mol. The van der Waals surface area contributed by atoms with E-state index in [1.165, 1.54) is 41.1 Å². The summed E-state index contributed by atoms with van der Waals surface area (Å²) in [6.45, 7) is 1.69. The van der Waals surface area contributed by atoms with E-state index in [-0.39, 0.29) is 11.3 Å². The summed E-state index contributed by atoms with van der Waals surface area (Å²) < 4.78 is 5.41. The van der Waals surface area contributed by atoms with Crippen molar-refractivity contribution in [1.29, 1.82) is 0 Å². The van der Waals surface area contributed by atoms with Gasteiger partial charge >= 0.3 is 5.97 Å². The largest absolute Gasteiger partial charge is 0.454 e. The van der Waals surface area contributed by atoms with Crippen LogP contribution in [0, 0.1) is 22.0 Å². The molecule has 0 bridgehead atoms. The van der Waals surface area contributed by atoms with E-state index in [1.54, 1.807) is 0 Å². The van der Waals surface area contributed by atoms with Crippen molar-refractivity contribution in [3.05, 3.63) is 93.1 Å². The van der Waals surface area contributed by atoms with Gasteiger partial charge in [-0.2, -0.15) is 0 Å². The number of non-ortho nitro benzene ring substituents is 1. The minimum atomic E-state index is -0.522. The van der Waals surface area contributed by atoms with Gasteiger partial charge in [-0.1, -0.05) is 24.3 Å². The molecule has 2 aliphatic heterocycles. The van der Waals surface area contributed by atoms with Crippen LogP contribution in [0.4, 0.5) is 11.4 Å². The zero-order chi connectivity index (χ0) is 23.4. The highest BCUT2D eigenvalue weighted by Crippen LogP contribution is 2.53. The maximum absolute atomic E-state index is 13.0. The van der Waals surface area contributed by atoms with Gasteiger partial charge in [-0.3, -0.25) is 14.9 Å². The number of carbonyl (C=O) groups excluding carboxylic acids is 2. The number of nitro groups is 1. The van der Waals surface area contributed by atoms with E-state index in [1.807, 2.05) is 12.1 Å². The van der Waals surface area contributed by atoms with Crippen molar-refractivity contribution in [2.24, 2.45) is 11.8 Å². The Morgan fingerprint density at radius 2 is 1.53 bits per heavy atom. The predicted octanol–water partition coefficient (Wildman–Crippen LogP) is 4.79. The molecule has 2 aromatic carbocycles. The second-order valence-corrected chi connectivity index (χ2v) is 9.61. The number of ketones is 1. The summed E-state index contributed by atoms with van der Waals surface area (Å²) in [6.07, 6.45) is 11.1. The molecule has 2 aromatic rings. The number of ether oxygens (including phenoxy) is 1. The molecule has 172 valence electrons. The summed E-state index contributed by atoms with van der Waals surface area (Å²) in [5, 5.41) is 10.8. The van der Waals surface area contributed by atoms with Crippen molar-refractivity contribution in [2.45, 2.75) is 24.7 Å². The molecule has 4 aliphatic rings. The Morgan fingerprint density at radius 1 is 0.941 bits per heavy atom. The summed E-state index contributed by atoms with van der Waals surface area (Å²) >= 11 is 0. The van der Waals surface area contributed by atoms with Crippen LogP contribution in [0.15, 0.2) is 60.7 Å². The van der Waals surface area contributed by atoms with Crippen molar-refractivity contribution in [3.8, 4) is 0 Å². The number of hydrogen-bond acceptors (Lipinski definition) is 6. The molecule has 2 heterocycles. The SMILES string of the molecule is O=C(COC(=O)c1cc2c3c(c1)[C@@H]1C=CC[C@@H]1CN3C[C@H]1CC=C[C@H]21)c1ccc([N+](=O)[O-])cc1. The quantitative estimate of drug-likeness (QED) is 0.211. The first kappa shape index (κ1) is 20.8. The molecule has 34 heavy (non-hydrogen) atoms. The fourth-order valence-corrected chi connectivity index (χ4v) is 6.06. The number of nitrogens with zero attached hydrogens (tertiary/aromatic N) is 2. The first-order valence-corrected chi connectivity index (χ1v) is 11.7. The number of anilines is 1. The average Bonchev–Trinajstić information content (AvgIpc) is 3.52. The van der Waals surface area contributed by atoms with E-state index in [2.05, 4.69) is 29.2 Å². The summed E-state index contributed by atoms with van der Waals surface area (Å²) in [7, 11) is 0. The molecule has 0 N–H and O–H groups in total. The lowest BCUT2D eigenvalue weighted by Gasteiger charge is -2.46. The van der Waals surface area contributed by atoms with Gasteiger partial charge < -0.3 is 9.64 Å². The highest BCUT2D eigenvalue weighted by molar-refractivity contribution is 5.99. The maximum Gasteiger partial charge on any atom is 0.338 e. The van der Waals surface area contributed by atoms with Crippen molar-refractivity contribution in [3.63, 3.8) is 0 Å². The van der Waals surface area contributed by atoms with Crippen LogP contribution in [0.1, 0.15) is 56.5 Å². The van der Waals surface area contributed by atoms with E-state index in [0.717, 1.165) is 25.9 Å². The number of carbonyl (C=O) groups is 2. The Balaban J connectivity index is 1.27. The zero-order valence-electron chi connectivity index (χ0n) is 18.6. The van der Waals surface area contributed by atoms with Crippen LogP contribution < -0.4 is 4.90 Å². The molecule has 7 nitrogen and oxygen atoms in total. The summed E-state index contributed by atoms with van der Waals surface area (Å²) in [6, 6.07) is 9.21.